The van der Waals surface area contributed by atoms with Gasteiger partial charge in [-0.3, -0.25) is 0 Å². The monoisotopic (exact) mass is 339 g/mol. The highest BCUT2D eigenvalue weighted by atomic mass is 35.5. The van der Waals surface area contributed by atoms with Crippen molar-refractivity contribution < 1.29 is 9.47 Å². The molecule has 0 fully saturated rings. The Bertz CT molecular complexity index is 615. The standard InChI is InChI=1S/C17H19Cl2NO2/c1-3-20-10-13-8-15(19)17(16(9-13)21-2)22-11-12-4-6-14(18)7-5-12/h4-9,20H,3,10-11H2,1-2H3. The van der Waals surface area contributed by atoms with Crippen molar-refractivity contribution in [3.63, 3.8) is 0 Å². The molecule has 2 rings (SSSR count). The van der Waals surface area contributed by atoms with Crippen LogP contribution in [0.4, 0.5) is 0 Å². The van der Waals surface area contributed by atoms with E-state index < -0.39 is 0 Å². The van der Waals surface area contributed by atoms with Crippen LogP contribution in [0.1, 0.15) is 18.1 Å². The van der Waals surface area contributed by atoms with E-state index in [0.717, 1.165) is 24.2 Å². The van der Waals surface area contributed by atoms with E-state index >= 15 is 0 Å². The van der Waals surface area contributed by atoms with Crippen LogP contribution in [0.15, 0.2) is 36.4 Å². The third-order valence-electron chi connectivity index (χ3n) is 3.16. The minimum Gasteiger partial charge on any atom is -0.493 e. The number of hydrogen-bond acceptors (Lipinski definition) is 3. The molecule has 118 valence electrons. The maximum atomic E-state index is 6.33. The van der Waals surface area contributed by atoms with Crippen LogP contribution in [0.3, 0.4) is 0 Å². The number of benzene rings is 2. The third-order valence-corrected chi connectivity index (χ3v) is 3.70. The Morgan fingerprint density at radius 1 is 1.05 bits per heavy atom. The van der Waals surface area contributed by atoms with Crippen LogP contribution < -0.4 is 14.8 Å². The summed E-state index contributed by atoms with van der Waals surface area (Å²) in [6, 6.07) is 11.3. The molecular formula is C17H19Cl2NO2. The molecule has 0 spiro atoms. The summed E-state index contributed by atoms with van der Waals surface area (Å²) in [4.78, 5) is 0. The number of hydrogen-bond donors (Lipinski definition) is 1. The van der Waals surface area contributed by atoms with Gasteiger partial charge in [0.1, 0.15) is 6.61 Å². The molecule has 22 heavy (non-hydrogen) atoms. The fourth-order valence-corrected chi connectivity index (χ4v) is 2.43. The lowest BCUT2D eigenvalue weighted by atomic mass is 10.2. The molecule has 0 saturated heterocycles. The molecule has 0 unspecified atom stereocenters. The highest BCUT2D eigenvalue weighted by molar-refractivity contribution is 6.32. The number of ether oxygens (including phenoxy) is 2. The Morgan fingerprint density at radius 3 is 2.41 bits per heavy atom. The summed E-state index contributed by atoms with van der Waals surface area (Å²) in [6.45, 7) is 4.10. The molecule has 0 aliphatic carbocycles. The van der Waals surface area contributed by atoms with Gasteiger partial charge in [-0.2, -0.15) is 0 Å². The molecule has 5 heteroatoms. The third kappa shape index (κ3) is 4.54. The molecule has 0 heterocycles. The lowest BCUT2D eigenvalue weighted by molar-refractivity contribution is 0.284. The molecular weight excluding hydrogens is 321 g/mol. The van der Waals surface area contributed by atoms with Crippen LogP contribution in [0, 0.1) is 0 Å². The number of rotatable bonds is 7. The minimum atomic E-state index is 0.403. The Balaban J connectivity index is 2.13. The molecule has 0 amide bonds. The van der Waals surface area contributed by atoms with Crippen LogP contribution in [0.2, 0.25) is 10.0 Å². The van der Waals surface area contributed by atoms with E-state index in [1.54, 1.807) is 7.11 Å². The van der Waals surface area contributed by atoms with Crippen LogP contribution in [0.5, 0.6) is 11.5 Å². The van der Waals surface area contributed by atoms with Gasteiger partial charge >= 0.3 is 0 Å². The van der Waals surface area contributed by atoms with Crippen molar-refractivity contribution in [3.8, 4) is 11.5 Å². The van der Waals surface area contributed by atoms with E-state index in [0.29, 0.717) is 28.2 Å². The van der Waals surface area contributed by atoms with Crippen LogP contribution >= 0.6 is 23.2 Å². The van der Waals surface area contributed by atoms with Crippen molar-refractivity contribution in [1.29, 1.82) is 0 Å². The van der Waals surface area contributed by atoms with Gasteiger partial charge in [0.25, 0.3) is 0 Å². The predicted octanol–water partition coefficient (Wildman–Crippen LogP) is 4.69. The quantitative estimate of drug-likeness (QED) is 0.793. The average Bonchev–Trinajstić information content (AvgIpc) is 2.53. The van der Waals surface area contributed by atoms with Crippen molar-refractivity contribution >= 4 is 23.2 Å². The fourth-order valence-electron chi connectivity index (χ4n) is 2.02. The summed E-state index contributed by atoms with van der Waals surface area (Å²) < 4.78 is 11.2. The van der Waals surface area contributed by atoms with Gasteiger partial charge in [0.2, 0.25) is 0 Å². The normalized spacial score (nSPS) is 10.5. The van der Waals surface area contributed by atoms with E-state index in [1.807, 2.05) is 36.4 Å². The maximum Gasteiger partial charge on any atom is 0.180 e. The predicted molar refractivity (Wildman–Crippen MR) is 91.2 cm³/mol. The summed E-state index contributed by atoms with van der Waals surface area (Å²) in [5.41, 5.74) is 2.07. The van der Waals surface area contributed by atoms with Crippen molar-refractivity contribution in [3.05, 3.63) is 57.6 Å². The molecule has 0 aliphatic heterocycles. The largest absolute Gasteiger partial charge is 0.493 e. The van der Waals surface area contributed by atoms with E-state index in [-0.39, 0.29) is 0 Å². The van der Waals surface area contributed by atoms with Crippen LogP contribution in [-0.4, -0.2) is 13.7 Å². The molecule has 3 nitrogen and oxygen atoms in total. The molecule has 0 aromatic heterocycles. The second-order valence-electron chi connectivity index (χ2n) is 4.80. The molecule has 2 aromatic rings. The first-order valence-corrected chi connectivity index (χ1v) is 7.84. The Labute approximate surface area is 141 Å². The molecule has 0 saturated carbocycles. The van der Waals surface area contributed by atoms with Gasteiger partial charge in [-0.15, -0.1) is 0 Å². The molecule has 2 aromatic carbocycles. The first-order chi connectivity index (χ1) is 10.6. The first-order valence-electron chi connectivity index (χ1n) is 7.08. The lowest BCUT2D eigenvalue weighted by Gasteiger charge is -2.14. The summed E-state index contributed by atoms with van der Waals surface area (Å²) in [6.07, 6.45) is 0. The van der Waals surface area contributed by atoms with Crippen molar-refractivity contribution in [2.45, 2.75) is 20.1 Å². The molecule has 1 N–H and O–H groups in total. The number of halogens is 2. The van der Waals surface area contributed by atoms with Gasteiger partial charge in [0, 0.05) is 11.6 Å². The van der Waals surface area contributed by atoms with Crippen molar-refractivity contribution in [2.24, 2.45) is 0 Å². The second kappa shape index (κ2) is 8.28. The minimum absolute atomic E-state index is 0.403. The second-order valence-corrected chi connectivity index (χ2v) is 5.65. The van der Waals surface area contributed by atoms with Gasteiger partial charge in [0.05, 0.1) is 12.1 Å². The summed E-state index contributed by atoms with van der Waals surface area (Å²) in [5.74, 6) is 1.19. The Morgan fingerprint density at radius 2 is 1.77 bits per heavy atom. The van der Waals surface area contributed by atoms with Gasteiger partial charge in [0.15, 0.2) is 11.5 Å². The summed E-state index contributed by atoms with van der Waals surface area (Å²) >= 11 is 12.2. The topological polar surface area (TPSA) is 30.5 Å². The average molecular weight is 340 g/mol. The number of methoxy groups -OCH3 is 1. The number of nitrogens with one attached hydrogen (secondary N) is 1. The SMILES string of the molecule is CCNCc1cc(Cl)c(OCc2ccc(Cl)cc2)c(OC)c1. The van der Waals surface area contributed by atoms with Crippen molar-refractivity contribution in [1.82, 2.24) is 5.32 Å². The van der Waals surface area contributed by atoms with E-state index in [1.165, 1.54) is 0 Å². The zero-order chi connectivity index (χ0) is 15.9. The Kier molecular flexibility index (Phi) is 6.37. The van der Waals surface area contributed by atoms with Gasteiger partial charge in [-0.05, 0) is 41.9 Å². The highest BCUT2D eigenvalue weighted by Crippen LogP contribution is 2.37. The fraction of sp³-hybridized carbons (Fsp3) is 0.294. The van der Waals surface area contributed by atoms with Crippen molar-refractivity contribution in [2.75, 3.05) is 13.7 Å². The zero-order valence-corrected chi connectivity index (χ0v) is 14.2. The molecule has 0 bridgehead atoms. The van der Waals surface area contributed by atoms with E-state index in [2.05, 4.69) is 12.2 Å². The maximum absolute atomic E-state index is 6.33. The Hall–Kier alpha value is -1.42. The molecule has 0 atom stereocenters. The van der Waals surface area contributed by atoms with Crippen LogP contribution in [0.25, 0.3) is 0 Å². The van der Waals surface area contributed by atoms with E-state index in [4.69, 9.17) is 32.7 Å². The van der Waals surface area contributed by atoms with Crippen LogP contribution in [-0.2, 0) is 13.2 Å². The van der Waals surface area contributed by atoms with Gasteiger partial charge < -0.3 is 14.8 Å². The first kappa shape index (κ1) is 16.9. The zero-order valence-electron chi connectivity index (χ0n) is 12.7. The van der Waals surface area contributed by atoms with Gasteiger partial charge in [-0.1, -0.05) is 42.3 Å². The molecule has 0 radical (unpaired) electrons. The summed E-state index contributed by atoms with van der Waals surface area (Å²) in [5, 5.41) is 4.50. The van der Waals surface area contributed by atoms with Gasteiger partial charge in [-0.25, -0.2) is 0 Å². The highest BCUT2D eigenvalue weighted by Gasteiger charge is 2.12. The molecule has 0 aliphatic rings. The lowest BCUT2D eigenvalue weighted by Crippen LogP contribution is -2.12. The smallest absolute Gasteiger partial charge is 0.180 e. The van der Waals surface area contributed by atoms with E-state index in [9.17, 15) is 0 Å². The summed E-state index contributed by atoms with van der Waals surface area (Å²) in [7, 11) is 1.61.